The molecule has 5 heteroatoms. The lowest BCUT2D eigenvalue weighted by molar-refractivity contribution is 0.321. The third-order valence-electron chi connectivity index (χ3n) is 5.56. The van der Waals surface area contributed by atoms with Crippen molar-refractivity contribution in [3.05, 3.63) is 72.2 Å². The van der Waals surface area contributed by atoms with Crippen molar-refractivity contribution in [1.82, 2.24) is 19.4 Å². The molecule has 0 spiro atoms. The molecule has 0 radical (unpaired) electrons. The zero-order chi connectivity index (χ0) is 20.5. The number of hydrogen-bond acceptors (Lipinski definition) is 4. The van der Waals surface area contributed by atoms with Crippen LogP contribution in [0, 0.1) is 11.3 Å². The lowest BCUT2D eigenvalue weighted by Gasteiger charge is -2.21. The van der Waals surface area contributed by atoms with E-state index < -0.39 is 0 Å². The van der Waals surface area contributed by atoms with E-state index in [0.29, 0.717) is 11.6 Å². The van der Waals surface area contributed by atoms with E-state index in [1.54, 1.807) is 18.5 Å². The predicted molar refractivity (Wildman–Crippen MR) is 116 cm³/mol. The summed E-state index contributed by atoms with van der Waals surface area (Å²) in [7, 11) is 6.17. The minimum atomic E-state index is 0.291. The standard InChI is InChI=1S/C24H23N5/c1-16(28(2)3)17-7-5-8-18(13-17)23-21(20-9-6-11-26-15-20)22-19(14-25)10-12-27-24(22)29(23)4/h5-13,15-16H,1-4H3. The molecule has 1 atom stereocenters. The maximum atomic E-state index is 9.75. The van der Waals surface area contributed by atoms with Gasteiger partial charge in [0.15, 0.2) is 0 Å². The first-order valence-electron chi connectivity index (χ1n) is 9.57. The van der Waals surface area contributed by atoms with Crippen molar-refractivity contribution < 1.29 is 0 Å². The number of aryl methyl sites for hydroxylation is 1. The van der Waals surface area contributed by atoms with Crippen LogP contribution >= 0.6 is 0 Å². The molecule has 0 saturated carbocycles. The number of hydrogen-bond donors (Lipinski definition) is 0. The molecule has 1 unspecified atom stereocenters. The molecule has 29 heavy (non-hydrogen) atoms. The highest BCUT2D eigenvalue weighted by molar-refractivity contribution is 6.05. The van der Waals surface area contributed by atoms with Crippen molar-refractivity contribution in [2.24, 2.45) is 7.05 Å². The number of rotatable bonds is 4. The van der Waals surface area contributed by atoms with Gasteiger partial charge < -0.3 is 9.47 Å². The summed E-state index contributed by atoms with van der Waals surface area (Å²) < 4.78 is 2.08. The summed E-state index contributed by atoms with van der Waals surface area (Å²) in [5, 5.41) is 10.6. The fraction of sp³-hybridized carbons (Fsp3) is 0.208. The quantitative estimate of drug-likeness (QED) is 0.510. The van der Waals surface area contributed by atoms with Crippen molar-refractivity contribution >= 4 is 11.0 Å². The third-order valence-corrected chi connectivity index (χ3v) is 5.56. The van der Waals surface area contributed by atoms with Gasteiger partial charge in [-0.25, -0.2) is 4.98 Å². The molecule has 3 aromatic heterocycles. The number of benzene rings is 1. The van der Waals surface area contributed by atoms with Gasteiger partial charge in [-0.05, 0) is 50.3 Å². The first kappa shape index (κ1) is 18.9. The van der Waals surface area contributed by atoms with Gasteiger partial charge in [-0.3, -0.25) is 4.98 Å². The van der Waals surface area contributed by atoms with Crippen molar-refractivity contribution in [1.29, 1.82) is 5.26 Å². The third kappa shape index (κ3) is 3.18. The van der Waals surface area contributed by atoms with E-state index in [4.69, 9.17) is 0 Å². The van der Waals surface area contributed by atoms with E-state index in [1.165, 1.54) is 5.56 Å². The highest BCUT2D eigenvalue weighted by Crippen LogP contribution is 2.41. The first-order valence-corrected chi connectivity index (χ1v) is 9.57. The monoisotopic (exact) mass is 381 g/mol. The van der Waals surface area contributed by atoms with Gasteiger partial charge in [0.25, 0.3) is 0 Å². The number of nitriles is 1. The first-order chi connectivity index (χ1) is 14.0. The molecule has 0 N–H and O–H groups in total. The van der Waals surface area contributed by atoms with Crippen LogP contribution in [-0.4, -0.2) is 33.5 Å². The Hall–Kier alpha value is -3.49. The Kier molecular flexibility index (Phi) is 4.87. The molecule has 0 fully saturated rings. The van der Waals surface area contributed by atoms with Gasteiger partial charge in [-0.15, -0.1) is 0 Å². The normalized spacial score (nSPS) is 12.3. The largest absolute Gasteiger partial charge is 0.328 e. The van der Waals surface area contributed by atoms with Crippen LogP contribution in [0.2, 0.25) is 0 Å². The minimum absolute atomic E-state index is 0.291. The van der Waals surface area contributed by atoms with Crippen molar-refractivity contribution in [2.45, 2.75) is 13.0 Å². The second-order valence-corrected chi connectivity index (χ2v) is 7.46. The fourth-order valence-corrected chi connectivity index (χ4v) is 3.81. The molecule has 4 rings (SSSR count). The van der Waals surface area contributed by atoms with Crippen molar-refractivity contribution in [3.8, 4) is 28.5 Å². The average molecular weight is 381 g/mol. The maximum absolute atomic E-state index is 9.75. The number of fused-ring (bicyclic) bond motifs is 1. The SMILES string of the molecule is CC(c1cccc(-c2c(-c3cccnc3)c3c(C#N)ccnc3n2C)c1)N(C)C. The van der Waals surface area contributed by atoms with E-state index in [0.717, 1.165) is 33.4 Å². The van der Waals surface area contributed by atoms with Crippen LogP contribution in [0.5, 0.6) is 0 Å². The number of pyridine rings is 2. The average Bonchev–Trinajstić information content (AvgIpc) is 3.06. The molecule has 144 valence electrons. The zero-order valence-electron chi connectivity index (χ0n) is 17.1. The molecular formula is C24H23N5. The summed E-state index contributed by atoms with van der Waals surface area (Å²) in [4.78, 5) is 11.1. The smallest absolute Gasteiger partial charge is 0.142 e. The second-order valence-electron chi connectivity index (χ2n) is 7.46. The lowest BCUT2D eigenvalue weighted by atomic mass is 9.96. The summed E-state index contributed by atoms with van der Waals surface area (Å²) in [5.74, 6) is 0. The Morgan fingerprint density at radius 3 is 2.55 bits per heavy atom. The summed E-state index contributed by atoms with van der Waals surface area (Å²) in [6.07, 6.45) is 5.30. The Balaban J connectivity index is 2.07. The summed E-state index contributed by atoms with van der Waals surface area (Å²) in [6, 6.07) is 16.9. The topological polar surface area (TPSA) is 57.7 Å². The van der Waals surface area contributed by atoms with Crippen LogP contribution in [0.4, 0.5) is 0 Å². The van der Waals surface area contributed by atoms with Crippen LogP contribution in [0.1, 0.15) is 24.1 Å². The summed E-state index contributed by atoms with van der Waals surface area (Å²) in [6.45, 7) is 2.19. The predicted octanol–water partition coefficient (Wildman–Crippen LogP) is 4.80. The number of nitrogens with zero attached hydrogens (tertiary/aromatic N) is 5. The highest BCUT2D eigenvalue weighted by Gasteiger charge is 2.22. The molecule has 1 aromatic carbocycles. The second kappa shape index (κ2) is 7.50. The van der Waals surface area contributed by atoms with Crippen LogP contribution < -0.4 is 0 Å². The summed E-state index contributed by atoms with van der Waals surface area (Å²) in [5.41, 5.74) is 6.76. The van der Waals surface area contributed by atoms with Crippen LogP contribution in [0.3, 0.4) is 0 Å². The van der Waals surface area contributed by atoms with Gasteiger partial charge in [0.1, 0.15) is 5.65 Å². The minimum Gasteiger partial charge on any atom is -0.328 e. The molecule has 5 nitrogen and oxygen atoms in total. The molecule has 0 amide bonds. The molecular weight excluding hydrogens is 358 g/mol. The van der Waals surface area contributed by atoms with Crippen molar-refractivity contribution in [3.63, 3.8) is 0 Å². The van der Waals surface area contributed by atoms with Gasteiger partial charge in [0.2, 0.25) is 0 Å². The van der Waals surface area contributed by atoms with E-state index >= 15 is 0 Å². The Labute approximate surface area is 170 Å². The maximum Gasteiger partial charge on any atom is 0.142 e. The number of aromatic nitrogens is 3. The molecule has 0 aliphatic rings. The van der Waals surface area contributed by atoms with Crippen LogP contribution in [0.25, 0.3) is 33.4 Å². The Morgan fingerprint density at radius 1 is 1.07 bits per heavy atom. The van der Waals surface area contributed by atoms with Gasteiger partial charge in [0.05, 0.1) is 17.3 Å². The van der Waals surface area contributed by atoms with Gasteiger partial charge >= 0.3 is 0 Å². The molecule has 0 aliphatic carbocycles. The zero-order valence-corrected chi connectivity index (χ0v) is 17.1. The Bertz CT molecular complexity index is 1220. The van der Waals surface area contributed by atoms with E-state index in [9.17, 15) is 5.26 Å². The van der Waals surface area contributed by atoms with Crippen LogP contribution in [-0.2, 0) is 7.05 Å². The van der Waals surface area contributed by atoms with Gasteiger partial charge in [-0.1, -0.05) is 24.3 Å². The molecule has 0 saturated heterocycles. The molecule has 3 heterocycles. The fourth-order valence-electron chi connectivity index (χ4n) is 3.81. The van der Waals surface area contributed by atoms with E-state index in [2.05, 4.69) is 70.8 Å². The molecule has 0 bridgehead atoms. The van der Waals surface area contributed by atoms with E-state index in [1.807, 2.05) is 25.4 Å². The van der Waals surface area contributed by atoms with Crippen molar-refractivity contribution in [2.75, 3.05) is 14.1 Å². The van der Waals surface area contributed by atoms with Gasteiger partial charge in [0, 0.05) is 48.2 Å². The lowest BCUT2D eigenvalue weighted by Crippen LogP contribution is -2.16. The highest BCUT2D eigenvalue weighted by atomic mass is 15.1. The summed E-state index contributed by atoms with van der Waals surface area (Å²) >= 11 is 0. The van der Waals surface area contributed by atoms with E-state index in [-0.39, 0.29) is 0 Å². The van der Waals surface area contributed by atoms with Crippen LogP contribution in [0.15, 0.2) is 61.1 Å². The molecule has 0 aliphatic heterocycles. The Morgan fingerprint density at radius 2 is 1.86 bits per heavy atom. The van der Waals surface area contributed by atoms with Gasteiger partial charge in [-0.2, -0.15) is 5.26 Å². The molecule has 4 aromatic rings.